The molecule has 0 saturated heterocycles. The van der Waals surface area contributed by atoms with Crippen LogP contribution in [0.2, 0.25) is 0 Å². The molecule has 1 aromatic carbocycles. The predicted octanol–water partition coefficient (Wildman–Crippen LogP) is 3.07. The Morgan fingerprint density at radius 2 is 1.90 bits per heavy atom. The van der Waals surface area contributed by atoms with Crippen molar-refractivity contribution in [3.63, 3.8) is 0 Å². The summed E-state index contributed by atoms with van der Waals surface area (Å²) in [6.07, 6.45) is -1.73. The van der Waals surface area contributed by atoms with Crippen molar-refractivity contribution in [1.82, 2.24) is 5.32 Å². The lowest BCUT2D eigenvalue weighted by molar-refractivity contribution is -0.167. The number of benzene rings is 1. The number of furan rings is 1. The van der Waals surface area contributed by atoms with Gasteiger partial charge >= 0.3 is 12.1 Å². The number of halogens is 3. The van der Waals surface area contributed by atoms with Crippen molar-refractivity contribution in [2.75, 3.05) is 5.32 Å². The van der Waals surface area contributed by atoms with Gasteiger partial charge in [0.15, 0.2) is 0 Å². The molecule has 1 aromatic heterocycles. The molecule has 2 N–H and O–H groups in total. The number of nitrogens with one attached hydrogen (secondary N) is 2. The Kier molecular flexibility index (Phi) is 4.64. The fraction of sp³-hybridized carbons (Fsp3) is 0.214. The Morgan fingerprint density at radius 1 is 1.14 bits per heavy atom. The number of hydrogen-bond donors (Lipinski definition) is 2. The third kappa shape index (κ3) is 4.64. The van der Waals surface area contributed by atoms with Gasteiger partial charge in [-0.05, 0) is 23.8 Å². The normalized spacial score (nSPS) is 11.4. The standard InChI is InChI=1S/C14H13F3N2O2/c15-14(16,17)13(20)19-12-3-1-2-10(6-12)7-18-8-11-4-5-21-9-11/h1-6,9,18H,7-8H2,(H,19,20). The van der Waals surface area contributed by atoms with E-state index in [2.05, 4.69) is 5.32 Å². The van der Waals surface area contributed by atoms with Crippen molar-refractivity contribution in [2.24, 2.45) is 0 Å². The molecule has 1 heterocycles. The third-order valence-corrected chi connectivity index (χ3v) is 2.68. The summed E-state index contributed by atoms with van der Waals surface area (Å²) in [5, 5.41) is 4.94. The summed E-state index contributed by atoms with van der Waals surface area (Å²) in [6, 6.07) is 8.05. The maximum Gasteiger partial charge on any atom is 0.471 e. The smallest absolute Gasteiger partial charge is 0.471 e. The molecule has 0 bridgehead atoms. The van der Waals surface area contributed by atoms with Crippen LogP contribution in [0.3, 0.4) is 0 Å². The second kappa shape index (κ2) is 6.45. The van der Waals surface area contributed by atoms with Gasteiger partial charge in [-0.3, -0.25) is 4.79 Å². The van der Waals surface area contributed by atoms with E-state index in [4.69, 9.17) is 4.42 Å². The van der Waals surface area contributed by atoms with Crippen LogP contribution in [0.4, 0.5) is 18.9 Å². The molecule has 0 spiro atoms. The largest absolute Gasteiger partial charge is 0.472 e. The van der Waals surface area contributed by atoms with E-state index in [1.54, 1.807) is 24.7 Å². The Balaban J connectivity index is 1.90. The minimum atomic E-state index is -4.89. The second-order valence-electron chi connectivity index (χ2n) is 4.39. The van der Waals surface area contributed by atoms with Crippen molar-refractivity contribution in [1.29, 1.82) is 0 Å². The molecule has 0 atom stereocenters. The van der Waals surface area contributed by atoms with E-state index in [0.717, 1.165) is 11.1 Å². The molecule has 0 unspecified atom stereocenters. The summed E-state index contributed by atoms with van der Waals surface area (Å²) < 4.78 is 41.4. The van der Waals surface area contributed by atoms with E-state index in [0.29, 0.717) is 13.1 Å². The minimum Gasteiger partial charge on any atom is -0.472 e. The van der Waals surface area contributed by atoms with Gasteiger partial charge in [-0.15, -0.1) is 0 Å². The van der Waals surface area contributed by atoms with Crippen LogP contribution in [0.25, 0.3) is 0 Å². The highest BCUT2D eigenvalue weighted by atomic mass is 19.4. The summed E-state index contributed by atoms with van der Waals surface area (Å²) in [6.45, 7) is 1.04. The zero-order chi connectivity index (χ0) is 15.3. The van der Waals surface area contributed by atoms with E-state index >= 15 is 0 Å². The van der Waals surface area contributed by atoms with Crippen LogP contribution in [0.1, 0.15) is 11.1 Å². The molecule has 0 aliphatic rings. The highest BCUT2D eigenvalue weighted by Crippen LogP contribution is 2.18. The fourth-order valence-corrected chi connectivity index (χ4v) is 1.71. The monoisotopic (exact) mass is 298 g/mol. The van der Waals surface area contributed by atoms with Crippen molar-refractivity contribution < 1.29 is 22.4 Å². The van der Waals surface area contributed by atoms with Gasteiger partial charge in [-0.1, -0.05) is 12.1 Å². The first-order valence-corrected chi connectivity index (χ1v) is 6.14. The second-order valence-corrected chi connectivity index (χ2v) is 4.39. The molecule has 1 amide bonds. The summed E-state index contributed by atoms with van der Waals surface area (Å²) in [5.74, 6) is -1.98. The van der Waals surface area contributed by atoms with E-state index in [1.165, 1.54) is 12.1 Å². The molecule has 2 rings (SSSR count). The van der Waals surface area contributed by atoms with Crippen molar-refractivity contribution in [3.05, 3.63) is 54.0 Å². The van der Waals surface area contributed by atoms with Gasteiger partial charge in [0, 0.05) is 24.3 Å². The zero-order valence-electron chi connectivity index (χ0n) is 10.9. The Hall–Kier alpha value is -2.28. The van der Waals surface area contributed by atoms with Gasteiger partial charge in [0.05, 0.1) is 12.5 Å². The molecule has 0 saturated carbocycles. The number of hydrogen-bond acceptors (Lipinski definition) is 3. The molecule has 21 heavy (non-hydrogen) atoms. The Labute approximate surface area is 119 Å². The maximum atomic E-state index is 12.2. The average molecular weight is 298 g/mol. The van der Waals surface area contributed by atoms with Gasteiger partial charge in [0.2, 0.25) is 0 Å². The van der Waals surface area contributed by atoms with E-state index in [1.807, 2.05) is 11.4 Å². The minimum absolute atomic E-state index is 0.111. The summed E-state index contributed by atoms with van der Waals surface area (Å²) in [4.78, 5) is 10.9. The van der Waals surface area contributed by atoms with Crippen LogP contribution in [-0.2, 0) is 17.9 Å². The molecule has 0 radical (unpaired) electrons. The first kappa shape index (κ1) is 15.1. The first-order valence-electron chi connectivity index (χ1n) is 6.14. The SMILES string of the molecule is O=C(Nc1cccc(CNCc2ccoc2)c1)C(F)(F)F. The van der Waals surface area contributed by atoms with E-state index in [9.17, 15) is 18.0 Å². The summed E-state index contributed by atoms with van der Waals surface area (Å²) in [5.41, 5.74) is 1.84. The molecule has 4 nitrogen and oxygen atoms in total. The number of amides is 1. The zero-order valence-corrected chi connectivity index (χ0v) is 10.9. The van der Waals surface area contributed by atoms with E-state index < -0.39 is 12.1 Å². The molecular formula is C14H13F3N2O2. The summed E-state index contributed by atoms with van der Waals surface area (Å²) >= 11 is 0. The molecule has 7 heteroatoms. The summed E-state index contributed by atoms with van der Waals surface area (Å²) in [7, 11) is 0. The highest BCUT2D eigenvalue weighted by molar-refractivity contribution is 5.94. The topological polar surface area (TPSA) is 54.3 Å². The van der Waals surface area contributed by atoms with Crippen molar-refractivity contribution in [2.45, 2.75) is 19.3 Å². The van der Waals surface area contributed by atoms with Crippen molar-refractivity contribution in [3.8, 4) is 0 Å². The van der Waals surface area contributed by atoms with Crippen molar-refractivity contribution >= 4 is 11.6 Å². The van der Waals surface area contributed by atoms with Gasteiger partial charge in [0.1, 0.15) is 0 Å². The van der Waals surface area contributed by atoms with Crippen LogP contribution in [-0.4, -0.2) is 12.1 Å². The van der Waals surface area contributed by atoms with Crippen LogP contribution in [0, 0.1) is 0 Å². The van der Waals surface area contributed by atoms with Crippen LogP contribution in [0.15, 0.2) is 47.3 Å². The lowest BCUT2D eigenvalue weighted by Gasteiger charge is -2.09. The van der Waals surface area contributed by atoms with Gasteiger partial charge in [-0.25, -0.2) is 0 Å². The van der Waals surface area contributed by atoms with Crippen LogP contribution in [0.5, 0.6) is 0 Å². The lowest BCUT2D eigenvalue weighted by Crippen LogP contribution is -2.29. The molecule has 0 aliphatic heterocycles. The van der Waals surface area contributed by atoms with Gasteiger partial charge in [-0.2, -0.15) is 13.2 Å². The predicted molar refractivity (Wildman–Crippen MR) is 70.4 cm³/mol. The van der Waals surface area contributed by atoms with Crippen LogP contribution < -0.4 is 10.6 Å². The molecule has 0 fully saturated rings. The van der Waals surface area contributed by atoms with E-state index in [-0.39, 0.29) is 5.69 Å². The lowest BCUT2D eigenvalue weighted by atomic mass is 10.2. The number of rotatable bonds is 5. The Bertz CT molecular complexity index is 595. The Morgan fingerprint density at radius 3 is 2.57 bits per heavy atom. The third-order valence-electron chi connectivity index (χ3n) is 2.68. The number of carbonyl (C=O) groups excluding carboxylic acids is 1. The molecule has 112 valence electrons. The quantitative estimate of drug-likeness (QED) is 0.892. The highest BCUT2D eigenvalue weighted by Gasteiger charge is 2.38. The van der Waals surface area contributed by atoms with Gasteiger partial charge in [0.25, 0.3) is 0 Å². The fourth-order valence-electron chi connectivity index (χ4n) is 1.71. The number of anilines is 1. The number of alkyl halides is 3. The van der Waals surface area contributed by atoms with Crippen LogP contribution >= 0.6 is 0 Å². The van der Waals surface area contributed by atoms with Gasteiger partial charge < -0.3 is 15.1 Å². The average Bonchev–Trinajstić information content (AvgIpc) is 2.91. The molecule has 0 aliphatic carbocycles. The molecular weight excluding hydrogens is 285 g/mol. The first-order chi connectivity index (χ1) is 9.95. The number of carbonyl (C=O) groups is 1. The maximum absolute atomic E-state index is 12.2. The molecule has 2 aromatic rings.